The van der Waals surface area contributed by atoms with Gasteiger partial charge < -0.3 is 0 Å². The molecule has 0 amide bonds. The van der Waals surface area contributed by atoms with Crippen LogP contribution in [0.1, 0.15) is 0 Å². The summed E-state index contributed by atoms with van der Waals surface area (Å²) in [6.07, 6.45) is 0. The van der Waals surface area contributed by atoms with E-state index in [9.17, 15) is 56.7 Å². The van der Waals surface area contributed by atoms with E-state index in [0.717, 1.165) is 0 Å². The van der Waals surface area contributed by atoms with Crippen LogP contribution in [0.2, 0.25) is 0 Å². The van der Waals surface area contributed by atoms with Gasteiger partial charge in [-0.3, -0.25) is 4.55 Å². The zero-order valence-electron chi connectivity index (χ0n) is 8.83. The number of hydrogen-bond donors (Lipinski definition) is 1. The standard InChI is InChI=1S/C6HF11O3S/c7-1(8)2(9,10)4(13,14)6(17,21(18,19)20)5(15,16)3(1,11)12/h(H,18,19,20). The van der Waals surface area contributed by atoms with Crippen LogP contribution >= 0.6 is 0 Å². The second kappa shape index (κ2) is 3.72. The predicted octanol–water partition coefficient (Wildman–Crippen LogP) is 2.73. The quantitative estimate of drug-likeness (QED) is 0.577. The second-order valence-corrected chi connectivity index (χ2v) is 5.45. The monoisotopic (exact) mass is 362 g/mol. The fourth-order valence-corrected chi connectivity index (χ4v) is 2.42. The molecule has 21 heavy (non-hydrogen) atoms. The van der Waals surface area contributed by atoms with Crippen LogP contribution in [0.15, 0.2) is 0 Å². The summed E-state index contributed by atoms with van der Waals surface area (Å²) in [6.45, 7) is 0. The average Bonchev–Trinajstić information content (AvgIpc) is 2.23. The third-order valence-corrected chi connectivity index (χ3v) is 3.96. The van der Waals surface area contributed by atoms with E-state index in [1.54, 1.807) is 0 Å². The van der Waals surface area contributed by atoms with E-state index in [4.69, 9.17) is 4.55 Å². The van der Waals surface area contributed by atoms with Crippen LogP contribution in [0.25, 0.3) is 0 Å². The maximum absolute atomic E-state index is 13.3. The van der Waals surface area contributed by atoms with Crippen molar-refractivity contribution in [3.63, 3.8) is 0 Å². The molecule has 0 radical (unpaired) electrons. The molecule has 126 valence electrons. The normalized spacial score (nSPS) is 31.6. The minimum Gasteiger partial charge on any atom is -0.283 e. The van der Waals surface area contributed by atoms with Crippen LogP contribution in [-0.4, -0.2) is 47.6 Å². The molecule has 15 heteroatoms. The average molecular weight is 362 g/mol. The molecule has 0 saturated heterocycles. The molecule has 1 aliphatic carbocycles. The van der Waals surface area contributed by atoms with Gasteiger partial charge in [0.15, 0.2) is 0 Å². The summed E-state index contributed by atoms with van der Waals surface area (Å²) < 4.78 is 169. The highest BCUT2D eigenvalue weighted by molar-refractivity contribution is 7.87. The topological polar surface area (TPSA) is 54.4 Å². The Balaban J connectivity index is 4.02. The molecular weight excluding hydrogens is 361 g/mol. The lowest BCUT2D eigenvalue weighted by Gasteiger charge is -2.50. The molecule has 0 heterocycles. The number of hydrogen-bond acceptors (Lipinski definition) is 2. The SMILES string of the molecule is O=S(=O)(O)C1(F)C(F)(F)C(F)(F)C(F)(F)C(F)(F)C1(F)F. The molecule has 3 nitrogen and oxygen atoms in total. The van der Waals surface area contributed by atoms with Gasteiger partial charge in [0.2, 0.25) is 0 Å². The van der Waals surface area contributed by atoms with Crippen molar-refractivity contribution in [3.05, 3.63) is 0 Å². The fraction of sp³-hybridized carbons (Fsp3) is 1.00. The van der Waals surface area contributed by atoms with Crippen LogP contribution in [0.4, 0.5) is 48.3 Å². The van der Waals surface area contributed by atoms with E-state index in [-0.39, 0.29) is 0 Å². The zero-order chi connectivity index (χ0) is 17.5. The molecule has 0 spiro atoms. The first kappa shape index (κ1) is 18.2. The first-order chi connectivity index (χ1) is 8.75. The van der Waals surface area contributed by atoms with Gasteiger partial charge >= 0.3 is 44.7 Å². The lowest BCUT2D eigenvalue weighted by atomic mass is 9.81. The number of rotatable bonds is 1. The Morgan fingerprint density at radius 2 is 0.714 bits per heavy atom. The van der Waals surface area contributed by atoms with Crippen molar-refractivity contribution in [3.8, 4) is 0 Å². The maximum atomic E-state index is 13.3. The summed E-state index contributed by atoms with van der Waals surface area (Å²) in [7, 11) is -7.69. The van der Waals surface area contributed by atoms with Gasteiger partial charge in [-0.1, -0.05) is 0 Å². The third kappa shape index (κ3) is 1.46. The lowest BCUT2D eigenvalue weighted by molar-refractivity contribution is -0.470. The molecule has 1 rings (SSSR count). The molecule has 1 fully saturated rings. The van der Waals surface area contributed by atoms with Crippen LogP contribution in [0.5, 0.6) is 0 Å². The van der Waals surface area contributed by atoms with Gasteiger partial charge in [-0.25, -0.2) is 4.39 Å². The Labute approximate surface area is 107 Å². The summed E-state index contributed by atoms with van der Waals surface area (Å²) >= 11 is 0. The molecule has 0 aliphatic heterocycles. The largest absolute Gasteiger partial charge is 0.384 e. The smallest absolute Gasteiger partial charge is 0.283 e. The van der Waals surface area contributed by atoms with E-state index in [2.05, 4.69) is 0 Å². The lowest BCUT2D eigenvalue weighted by Crippen LogP contribution is -2.85. The molecule has 1 saturated carbocycles. The van der Waals surface area contributed by atoms with Gasteiger partial charge in [-0.15, -0.1) is 0 Å². The van der Waals surface area contributed by atoms with Crippen molar-refractivity contribution in [2.24, 2.45) is 0 Å². The number of halogens is 11. The van der Waals surface area contributed by atoms with E-state index >= 15 is 0 Å². The van der Waals surface area contributed by atoms with E-state index < -0.39 is 44.7 Å². The summed E-state index contributed by atoms with van der Waals surface area (Å²) in [4.78, 5) is 0. The summed E-state index contributed by atoms with van der Waals surface area (Å²) in [6, 6.07) is 0. The van der Waals surface area contributed by atoms with Gasteiger partial charge in [0.1, 0.15) is 0 Å². The highest BCUT2D eigenvalue weighted by Gasteiger charge is 3.04. The Hall–Kier alpha value is -0.860. The second-order valence-electron chi connectivity index (χ2n) is 3.94. The predicted molar refractivity (Wildman–Crippen MR) is 40.1 cm³/mol. The molecular formula is C6HF11O3S. The van der Waals surface area contributed by atoms with Crippen LogP contribution < -0.4 is 0 Å². The molecule has 0 atom stereocenters. The van der Waals surface area contributed by atoms with Crippen molar-refractivity contribution in [2.45, 2.75) is 34.6 Å². The van der Waals surface area contributed by atoms with Crippen LogP contribution in [0, 0.1) is 0 Å². The van der Waals surface area contributed by atoms with Gasteiger partial charge in [-0.05, 0) is 0 Å². The minimum absolute atomic E-state index is 7.39. The molecule has 0 aromatic rings. The van der Waals surface area contributed by atoms with Gasteiger partial charge in [0.25, 0.3) is 0 Å². The van der Waals surface area contributed by atoms with E-state index in [0.29, 0.717) is 0 Å². The minimum atomic E-state index is -7.69. The molecule has 0 unspecified atom stereocenters. The van der Waals surface area contributed by atoms with Crippen molar-refractivity contribution in [1.82, 2.24) is 0 Å². The van der Waals surface area contributed by atoms with Crippen molar-refractivity contribution in [2.75, 3.05) is 0 Å². The van der Waals surface area contributed by atoms with Crippen molar-refractivity contribution >= 4 is 10.1 Å². The zero-order valence-corrected chi connectivity index (χ0v) is 9.65. The third-order valence-electron chi connectivity index (χ3n) is 2.74. The first-order valence-corrected chi connectivity index (χ1v) is 5.74. The molecule has 1 N–H and O–H groups in total. The van der Waals surface area contributed by atoms with Crippen LogP contribution in [0.3, 0.4) is 0 Å². The maximum Gasteiger partial charge on any atom is 0.384 e. The Morgan fingerprint density at radius 1 is 0.524 bits per heavy atom. The summed E-state index contributed by atoms with van der Waals surface area (Å²) in [5.74, 6) is -37.8. The molecule has 0 aromatic heterocycles. The highest BCUT2D eigenvalue weighted by Crippen LogP contribution is 2.70. The van der Waals surface area contributed by atoms with Crippen molar-refractivity contribution < 1.29 is 61.3 Å². The van der Waals surface area contributed by atoms with E-state index in [1.165, 1.54) is 0 Å². The van der Waals surface area contributed by atoms with Gasteiger partial charge in [-0.2, -0.15) is 52.3 Å². The summed E-state index contributed by atoms with van der Waals surface area (Å²) in [5.41, 5.74) is 0. The molecule has 0 aromatic carbocycles. The summed E-state index contributed by atoms with van der Waals surface area (Å²) in [5, 5.41) is -7.39. The Kier molecular flexibility index (Phi) is 3.22. The highest BCUT2D eigenvalue weighted by atomic mass is 32.2. The Bertz CT molecular complexity index is 535. The van der Waals surface area contributed by atoms with Crippen molar-refractivity contribution in [1.29, 1.82) is 0 Å². The molecule has 0 bridgehead atoms. The van der Waals surface area contributed by atoms with E-state index in [1.807, 2.05) is 0 Å². The van der Waals surface area contributed by atoms with Crippen LogP contribution in [-0.2, 0) is 10.1 Å². The number of alkyl halides is 11. The van der Waals surface area contributed by atoms with Gasteiger partial charge in [0, 0.05) is 0 Å². The first-order valence-electron chi connectivity index (χ1n) is 4.30. The Morgan fingerprint density at radius 3 is 0.905 bits per heavy atom. The van der Waals surface area contributed by atoms with Gasteiger partial charge in [0.05, 0.1) is 0 Å². The molecule has 1 aliphatic rings. The fourth-order valence-electron chi connectivity index (χ4n) is 1.52.